The first-order chi connectivity index (χ1) is 13.0. The Hall–Kier alpha value is -2.33. The number of anilines is 2. The fraction of sp³-hybridized carbons (Fsp3) is 0.389. The van der Waals surface area contributed by atoms with Crippen LogP contribution in [0.4, 0.5) is 11.8 Å². The Morgan fingerprint density at radius 3 is 2.67 bits per heavy atom. The second kappa shape index (κ2) is 7.01. The highest BCUT2D eigenvalue weighted by Gasteiger charge is 2.41. The number of para-hydroxylation sites is 1. The molecule has 142 valence electrons. The van der Waals surface area contributed by atoms with Crippen molar-refractivity contribution in [3.8, 4) is 10.6 Å². The van der Waals surface area contributed by atoms with Crippen LogP contribution in [0.15, 0.2) is 24.3 Å². The van der Waals surface area contributed by atoms with Crippen LogP contribution in [0.5, 0.6) is 0 Å². The lowest BCUT2D eigenvalue weighted by Gasteiger charge is -2.20. The van der Waals surface area contributed by atoms with E-state index in [0.717, 1.165) is 20.8 Å². The molecule has 0 amide bonds. The fourth-order valence-electron chi connectivity index (χ4n) is 3.56. The summed E-state index contributed by atoms with van der Waals surface area (Å²) in [6.07, 6.45) is -1.58. The zero-order chi connectivity index (χ0) is 19.1. The van der Waals surface area contributed by atoms with E-state index < -0.39 is 18.2 Å². The third kappa shape index (κ3) is 3.23. The number of thiazole rings is 1. The quantitative estimate of drug-likeness (QED) is 0.450. The maximum atomic E-state index is 10.3. The third-order valence-corrected chi connectivity index (χ3v) is 6.03. The molecule has 0 spiro atoms. The van der Waals surface area contributed by atoms with Crippen molar-refractivity contribution in [1.29, 1.82) is 0 Å². The number of rotatable bonds is 4. The van der Waals surface area contributed by atoms with E-state index in [-0.39, 0.29) is 18.5 Å². The maximum Gasteiger partial charge on any atom is 0.222 e. The molecule has 4 atom stereocenters. The van der Waals surface area contributed by atoms with E-state index in [1.807, 2.05) is 31.2 Å². The molecule has 0 radical (unpaired) electrons. The van der Waals surface area contributed by atoms with Gasteiger partial charge in [0.1, 0.15) is 16.9 Å². The van der Waals surface area contributed by atoms with Crippen molar-refractivity contribution < 1.29 is 15.3 Å². The minimum Gasteiger partial charge on any atom is -0.396 e. The van der Waals surface area contributed by atoms with Crippen molar-refractivity contribution in [3.63, 3.8) is 0 Å². The second-order valence-electron chi connectivity index (χ2n) is 6.79. The van der Waals surface area contributed by atoms with Crippen LogP contribution in [0.25, 0.3) is 20.8 Å². The van der Waals surface area contributed by atoms with Crippen LogP contribution in [-0.4, -0.2) is 55.1 Å². The van der Waals surface area contributed by atoms with Crippen LogP contribution in [0.1, 0.15) is 12.1 Å². The number of aliphatic hydroxyl groups excluding tert-OH is 3. The van der Waals surface area contributed by atoms with Crippen molar-refractivity contribution in [2.24, 2.45) is 5.92 Å². The smallest absolute Gasteiger partial charge is 0.222 e. The molecule has 0 unspecified atom stereocenters. The first kappa shape index (κ1) is 18.1. The largest absolute Gasteiger partial charge is 0.396 e. The molecule has 1 aliphatic rings. The van der Waals surface area contributed by atoms with E-state index >= 15 is 0 Å². The first-order valence-electron chi connectivity index (χ1n) is 8.71. The van der Waals surface area contributed by atoms with Gasteiger partial charge in [-0.15, -0.1) is 11.3 Å². The highest BCUT2D eigenvalue weighted by molar-refractivity contribution is 7.21. The number of nitrogens with one attached hydrogen (secondary N) is 1. The van der Waals surface area contributed by atoms with Gasteiger partial charge in [-0.3, -0.25) is 0 Å². The van der Waals surface area contributed by atoms with Crippen LogP contribution < -0.4 is 11.1 Å². The standard InChI is InChI=1S/C18H21N5O3S/c1-8-13(17-22-10-4-2-3-5-12(10)27-17)16(23-18(19)20-8)21-11-6-9(7-24)14(25)15(11)26/h2-5,9,11,14-15,24-26H,6-7H2,1H3,(H3,19,20,21,23)/t9-,11-,14-,15+/m1/s1. The van der Waals surface area contributed by atoms with Gasteiger partial charge in [-0.25, -0.2) is 9.97 Å². The molecule has 8 nitrogen and oxygen atoms in total. The molecule has 1 fully saturated rings. The molecule has 9 heteroatoms. The lowest BCUT2D eigenvalue weighted by Crippen LogP contribution is -2.35. The van der Waals surface area contributed by atoms with Crippen molar-refractivity contribution >= 4 is 33.3 Å². The van der Waals surface area contributed by atoms with Gasteiger partial charge >= 0.3 is 0 Å². The number of nitrogens with zero attached hydrogens (tertiary/aromatic N) is 3. The van der Waals surface area contributed by atoms with E-state index in [4.69, 9.17) is 5.73 Å². The maximum absolute atomic E-state index is 10.3. The Labute approximate surface area is 159 Å². The lowest BCUT2D eigenvalue weighted by atomic mass is 10.1. The Kier molecular flexibility index (Phi) is 4.68. The molecule has 27 heavy (non-hydrogen) atoms. The molecular formula is C18H21N5O3S. The number of aryl methyl sites for hydroxylation is 1. The Morgan fingerprint density at radius 1 is 1.19 bits per heavy atom. The number of nitrogen functional groups attached to an aromatic ring is 1. The molecule has 3 aromatic rings. The number of aliphatic hydroxyl groups is 3. The molecule has 2 heterocycles. The molecule has 0 saturated heterocycles. The molecular weight excluding hydrogens is 366 g/mol. The molecule has 2 aromatic heterocycles. The second-order valence-corrected chi connectivity index (χ2v) is 7.82. The van der Waals surface area contributed by atoms with Gasteiger partial charge in [0, 0.05) is 12.5 Å². The predicted molar refractivity (Wildman–Crippen MR) is 104 cm³/mol. The highest BCUT2D eigenvalue weighted by Crippen LogP contribution is 2.37. The van der Waals surface area contributed by atoms with Crippen LogP contribution in [-0.2, 0) is 0 Å². The summed E-state index contributed by atoms with van der Waals surface area (Å²) in [7, 11) is 0. The van der Waals surface area contributed by atoms with Crippen molar-refractivity contribution in [1.82, 2.24) is 15.0 Å². The fourth-order valence-corrected chi connectivity index (χ4v) is 4.62. The molecule has 1 saturated carbocycles. The molecule has 6 N–H and O–H groups in total. The average molecular weight is 387 g/mol. The zero-order valence-electron chi connectivity index (χ0n) is 14.7. The molecule has 4 rings (SSSR count). The van der Waals surface area contributed by atoms with Crippen molar-refractivity contribution in [3.05, 3.63) is 30.0 Å². The van der Waals surface area contributed by atoms with E-state index in [1.165, 1.54) is 11.3 Å². The number of hydrogen-bond donors (Lipinski definition) is 5. The van der Waals surface area contributed by atoms with Crippen LogP contribution in [0, 0.1) is 12.8 Å². The molecule has 0 aliphatic heterocycles. The van der Waals surface area contributed by atoms with Crippen molar-refractivity contribution in [2.75, 3.05) is 17.7 Å². The molecule has 1 aliphatic carbocycles. The number of aromatic nitrogens is 3. The number of fused-ring (bicyclic) bond motifs is 1. The van der Waals surface area contributed by atoms with Gasteiger partial charge in [0.15, 0.2) is 0 Å². The van der Waals surface area contributed by atoms with E-state index in [9.17, 15) is 15.3 Å². The summed E-state index contributed by atoms with van der Waals surface area (Å²) in [5.41, 5.74) is 8.12. The van der Waals surface area contributed by atoms with Crippen LogP contribution >= 0.6 is 11.3 Å². The summed E-state index contributed by atoms with van der Waals surface area (Å²) < 4.78 is 1.05. The minimum atomic E-state index is -1.01. The summed E-state index contributed by atoms with van der Waals surface area (Å²) in [4.78, 5) is 13.3. The van der Waals surface area contributed by atoms with Gasteiger partial charge in [-0.05, 0) is 25.5 Å². The zero-order valence-corrected chi connectivity index (χ0v) is 15.5. The Morgan fingerprint density at radius 2 is 1.96 bits per heavy atom. The van der Waals surface area contributed by atoms with E-state index in [2.05, 4.69) is 20.3 Å². The summed E-state index contributed by atoms with van der Waals surface area (Å²) in [6.45, 7) is 1.65. The first-order valence-corrected chi connectivity index (χ1v) is 9.53. The summed E-state index contributed by atoms with van der Waals surface area (Å²) >= 11 is 1.53. The third-order valence-electron chi connectivity index (χ3n) is 4.97. The normalized spacial score (nSPS) is 25.2. The van der Waals surface area contributed by atoms with Gasteiger partial charge in [0.2, 0.25) is 5.95 Å². The van der Waals surface area contributed by atoms with Crippen LogP contribution in [0.3, 0.4) is 0 Å². The highest BCUT2D eigenvalue weighted by atomic mass is 32.1. The van der Waals surface area contributed by atoms with Gasteiger partial charge < -0.3 is 26.4 Å². The Balaban J connectivity index is 1.75. The number of nitrogens with two attached hydrogens (primary N) is 1. The monoisotopic (exact) mass is 387 g/mol. The van der Waals surface area contributed by atoms with E-state index in [1.54, 1.807) is 0 Å². The summed E-state index contributed by atoms with van der Waals surface area (Å²) in [5.74, 6) is 0.198. The minimum absolute atomic E-state index is 0.117. The average Bonchev–Trinajstić information content (AvgIpc) is 3.17. The topological polar surface area (TPSA) is 137 Å². The molecule has 0 bridgehead atoms. The van der Waals surface area contributed by atoms with Gasteiger partial charge in [0.05, 0.1) is 33.6 Å². The Bertz CT molecular complexity index is 946. The molecule has 1 aromatic carbocycles. The SMILES string of the molecule is Cc1nc(N)nc(N[C@@H]2C[C@H](CO)[C@@H](O)[C@H]2O)c1-c1nc2ccccc2s1. The lowest BCUT2D eigenvalue weighted by molar-refractivity contribution is 0.00446. The van der Waals surface area contributed by atoms with Gasteiger partial charge in [-0.2, -0.15) is 4.98 Å². The van der Waals surface area contributed by atoms with Crippen molar-refractivity contribution in [2.45, 2.75) is 31.6 Å². The number of hydrogen-bond acceptors (Lipinski definition) is 9. The predicted octanol–water partition coefficient (Wildman–Crippen LogP) is 1.16. The van der Waals surface area contributed by atoms with Gasteiger partial charge in [0.25, 0.3) is 0 Å². The summed E-state index contributed by atoms with van der Waals surface area (Å²) in [5, 5.41) is 33.7. The van der Waals surface area contributed by atoms with E-state index in [0.29, 0.717) is 17.9 Å². The van der Waals surface area contributed by atoms with Gasteiger partial charge in [-0.1, -0.05) is 12.1 Å². The van der Waals surface area contributed by atoms with Crippen LogP contribution in [0.2, 0.25) is 0 Å². The number of benzene rings is 1. The summed E-state index contributed by atoms with van der Waals surface area (Å²) in [6, 6.07) is 7.38.